The molecule has 2 aromatic heterocycles. The third-order valence-electron chi connectivity index (χ3n) is 4.18. The fraction of sp³-hybridized carbons (Fsp3) is 0.500. The fourth-order valence-electron chi connectivity index (χ4n) is 3.03. The Morgan fingerprint density at radius 2 is 2.33 bits per heavy atom. The topological polar surface area (TPSA) is 72.4 Å². The van der Waals surface area contributed by atoms with Gasteiger partial charge < -0.3 is 15.5 Å². The molecule has 5 heteroatoms. The van der Waals surface area contributed by atoms with Crippen molar-refractivity contribution in [3.63, 3.8) is 0 Å². The van der Waals surface area contributed by atoms with Gasteiger partial charge in [0, 0.05) is 37.3 Å². The van der Waals surface area contributed by atoms with Crippen molar-refractivity contribution in [2.75, 3.05) is 6.54 Å². The van der Waals surface area contributed by atoms with Crippen LogP contribution in [0.5, 0.6) is 0 Å². The molecule has 3 N–H and O–H groups in total. The highest BCUT2D eigenvalue weighted by atomic mass is 16.1. The average Bonchev–Trinajstić information content (AvgIpc) is 2.89. The molecule has 0 spiro atoms. The summed E-state index contributed by atoms with van der Waals surface area (Å²) in [6.07, 6.45) is 8.64. The maximum Gasteiger partial charge on any atom is 0.223 e. The summed E-state index contributed by atoms with van der Waals surface area (Å²) in [5.74, 6) is 0.240. The predicted octanol–water partition coefficient (Wildman–Crippen LogP) is 1.51. The zero-order valence-electron chi connectivity index (χ0n) is 12.2. The lowest BCUT2D eigenvalue weighted by molar-refractivity contribution is -0.126. The highest BCUT2D eigenvalue weighted by Crippen LogP contribution is 2.23. The number of amides is 1. The van der Waals surface area contributed by atoms with Crippen molar-refractivity contribution in [3.05, 3.63) is 36.3 Å². The first-order chi connectivity index (χ1) is 10.2. The number of rotatable bonds is 4. The van der Waals surface area contributed by atoms with E-state index < -0.39 is 0 Å². The molecule has 3 rings (SSSR count). The van der Waals surface area contributed by atoms with Crippen LogP contribution in [0, 0.1) is 5.92 Å². The molecule has 1 aliphatic rings. The van der Waals surface area contributed by atoms with E-state index in [1.165, 1.54) is 0 Å². The van der Waals surface area contributed by atoms with Crippen LogP contribution in [-0.2, 0) is 11.2 Å². The second-order valence-electron chi connectivity index (χ2n) is 5.86. The van der Waals surface area contributed by atoms with Gasteiger partial charge in [-0.3, -0.25) is 4.79 Å². The summed E-state index contributed by atoms with van der Waals surface area (Å²) in [6.45, 7) is 0.633. The van der Waals surface area contributed by atoms with Crippen molar-refractivity contribution in [2.45, 2.75) is 38.1 Å². The minimum atomic E-state index is 0.0924. The van der Waals surface area contributed by atoms with Crippen molar-refractivity contribution in [1.82, 2.24) is 14.7 Å². The number of nitrogens with one attached hydrogen (secondary N) is 1. The Morgan fingerprint density at radius 3 is 3.14 bits per heavy atom. The standard InChI is InChI=1S/C16H22N4O/c17-13-5-3-4-12(10-13)16(21)18-8-7-14-11-20-9-2-1-6-15(20)19-14/h1-2,6,9,11-13H,3-5,7-8,10,17H2,(H,18,21). The normalized spacial score (nSPS) is 22.3. The summed E-state index contributed by atoms with van der Waals surface area (Å²) in [6, 6.07) is 6.12. The summed E-state index contributed by atoms with van der Waals surface area (Å²) in [7, 11) is 0. The van der Waals surface area contributed by atoms with Crippen molar-refractivity contribution in [1.29, 1.82) is 0 Å². The van der Waals surface area contributed by atoms with E-state index in [0.29, 0.717) is 6.54 Å². The predicted molar refractivity (Wildman–Crippen MR) is 81.8 cm³/mol. The number of fused-ring (bicyclic) bond motifs is 1. The SMILES string of the molecule is NC1CCCC(C(=O)NCCc2cn3ccccc3n2)C1. The number of carbonyl (C=O) groups is 1. The van der Waals surface area contributed by atoms with Gasteiger partial charge in [-0.1, -0.05) is 12.5 Å². The molecule has 1 fully saturated rings. The van der Waals surface area contributed by atoms with Crippen LogP contribution in [0.2, 0.25) is 0 Å². The van der Waals surface area contributed by atoms with Crippen LogP contribution in [0.3, 0.4) is 0 Å². The molecule has 0 bridgehead atoms. The molecule has 2 atom stereocenters. The van der Waals surface area contributed by atoms with Crippen molar-refractivity contribution in [3.8, 4) is 0 Å². The van der Waals surface area contributed by atoms with E-state index >= 15 is 0 Å². The minimum Gasteiger partial charge on any atom is -0.355 e. The Hall–Kier alpha value is -1.88. The van der Waals surface area contributed by atoms with Gasteiger partial charge in [-0.2, -0.15) is 0 Å². The van der Waals surface area contributed by atoms with Gasteiger partial charge in [0.25, 0.3) is 0 Å². The zero-order chi connectivity index (χ0) is 14.7. The van der Waals surface area contributed by atoms with Gasteiger partial charge in [-0.25, -0.2) is 4.98 Å². The lowest BCUT2D eigenvalue weighted by atomic mass is 9.85. The van der Waals surface area contributed by atoms with Gasteiger partial charge in [-0.05, 0) is 31.4 Å². The van der Waals surface area contributed by atoms with Crippen LogP contribution in [0.25, 0.3) is 5.65 Å². The first-order valence-electron chi connectivity index (χ1n) is 7.68. The number of carbonyl (C=O) groups excluding carboxylic acids is 1. The molecule has 112 valence electrons. The number of nitrogens with two attached hydrogens (primary N) is 1. The summed E-state index contributed by atoms with van der Waals surface area (Å²) in [5, 5.41) is 3.02. The maximum absolute atomic E-state index is 12.1. The second-order valence-corrected chi connectivity index (χ2v) is 5.86. The number of imidazole rings is 1. The molecule has 5 nitrogen and oxygen atoms in total. The maximum atomic E-state index is 12.1. The third kappa shape index (κ3) is 3.42. The Bertz CT molecular complexity index is 589. The Balaban J connectivity index is 1.50. The highest BCUT2D eigenvalue weighted by molar-refractivity contribution is 5.78. The number of aromatic nitrogens is 2. The fourth-order valence-corrected chi connectivity index (χ4v) is 3.03. The van der Waals surface area contributed by atoms with Gasteiger partial charge >= 0.3 is 0 Å². The molecule has 0 radical (unpaired) electrons. The molecule has 2 unspecified atom stereocenters. The molecular formula is C16H22N4O. The van der Waals surface area contributed by atoms with Gasteiger partial charge in [0.2, 0.25) is 5.91 Å². The largest absolute Gasteiger partial charge is 0.355 e. The molecule has 1 aliphatic carbocycles. The van der Waals surface area contributed by atoms with E-state index in [4.69, 9.17) is 5.73 Å². The third-order valence-corrected chi connectivity index (χ3v) is 4.18. The van der Waals surface area contributed by atoms with Crippen LogP contribution in [0.15, 0.2) is 30.6 Å². The Labute approximate surface area is 124 Å². The smallest absolute Gasteiger partial charge is 0.223 e. The molecule has 2 aromatic rings. The van der Waals surface area contributed by atoms with E-state index in [0.717, 1.165) is 43.4 Å². The lowest BCUT2D eigenvalue weighted by Gasteiger charge is -2.25. The average molecular weight is 286 g/mol. The molecule has 21 heavy (non-hydrogen) atoms. The number of pyridine rings is 1. The Kier molecular flexibility index (Phi) is 4.20. The first-order valence-corrected chi connectivity index (χ1v) is 7.68. The second kappa shape index (κ2) is 6.26. The van der Waals surface area contributed by atoms with E-state index in [2.05, 4.69) is 10.3 Å². The van der Waals surface area contributed by atoms with E-state index in [-0.39, 0.29) is 17.9 Å². The molecule has 0 aliphatic heterocycles. The van der Waals surface area contributed by atoms with Gasteiger partial charge in [-0.15, -0.1) is 0 Å². The molecule has 2 heterocycles. The number of nitrogens with zero attached hydrogens (tertiary/aromatic N) is 2. The van der Waals surface area contributed by atoms with Crippen LogP contribution in [0.4, 0.5) is 0 Å². The monoisotopic (exact) mass is 286 g/mol. The van der Waals surface area contributed by atoms with E-state index in [1.807, 2.05) is 35.0 Å². The summed E-state index contributed by atoms with van der Waals surface area (Å²) < 4.78 is 2.00. The lowest BCUT2D eigenvalue weighted by Crippen LogP contribution is -2.38. The van der Waals surface area contributed by atoms with Gasteiger partial charge in [0.15, 0.2) is 0 Å². The van der Waals surface area contributed by atoms with Crippen LogP contribution >= 0.6 is 0 Å². The van der Waals surface area contributed by atoms with Crippen LogP contribution in [0.1, 0.15) is 31.4 Å². The van der Waals surface area contributed by atoms with Crippen LogP contribution < -0.4 is 11.1 Å². The van der Waals surface area contributed by atoms with Crippen molar-refractivity contribution < 1.29 is 4.79 Å². The quantitative estimate of drug-likeness (QED) is 0.895. The number of hydrogen-bond donors (Lipinski definition) is 2. The molecular weight excluding hydrogens is 264 g/mol. The molecule has 1 amide bonds. The van der Waals surface area contributed by atoms with Crippen molar-refractivity contribution in [2.24, 2.45) is 11.7 Å². The first kappa shape index (κ1) is 14.1. The molecule has 1 saturated carbocycles. The van der Waals surface area contributed by atoms with Gasteiger partial charge in [0.1, 0.15) is 5.65 Å². The van der Waals surface area contributed by atoms with Gasteiger partial charge in [0.05, 0.1) is 5.69 Å². The van der Waals surface area contributed by atoms with Crippen molar-refractivity contribution >= 4 is 11.6 Å². The Morgan fingerprint density at radius 1 is 1.43 bits per heavy atom. The van der Waals surface area contributed by atoms with Crippen LogP contribution in [-0.4, -0.2) is 27.9 Å². The summed E-state index contributed by atoms with van der Waals surface area (Å²) in [5.41, 5.74) is 7.88. The summed E-state index contributed by atoms with van der Waals surface area (Å²) >= 11 is 0. The number of hydrogen-bond acceptors (Lipinski definition) is 3. The minimum absolute atomic E-state index is 0.0924. The summed E-state index contributed by atoms with van der Waals surface area (Å²) in [4.78, 5) is 16.6. The molecule has 0 saturated heterocycles. The zero-order valence-corrected chi connectivity index (χ0v) is 12.2. The highest BCUT2D eigenvalue weighted by Gasteiger charge is 2.24. The van der Waals surface area contributed by atoms with E-state index in [1.54, 1.807) is 0 Å². The molecule has 0 aromatic carbocycles. The van der Waals surface area contributed by atoms with E-state index in [9.17, 15) is 4.79 Å².